The number of ether oxygens (including phenoxy) is 4. The molecule has 14 nitrogen and oxygen atoms in total. The van der Waals surface area contributed by atoms with E-state index >= 15 is 0 Å². The summed E-state index contributed by atoms with van der Waals surface area (Å²) in [6.07, 6.45) is 54.4. The van der Waals surface area contributed by atoms with Crippen molar-refractivity contribution in [2.24, 2.45) is 0 Å². The number of unbranched alkanes of at least 4 members (excludes halogenated alkanes) is 23. The molecular formula is C67H115NO13. The van der Waals surface area contributed by atoms with Crippen molar-refractivity contribution < 1.29 is 64.6 Å². The van der Waals surface area contributed by atoms with Crippen LogP contribution in [-0.4, -0.2) is 140 Å². The Balaban J connectivity index is 1.75. The first-order valence-corrected chi connectivity index (χ1v) is 32.0. The zero-order chi connectivity index (χ0) is 58.8. The average molecular weight is 1140 g/mol. The van der Waals surface area contributed by atoms with Gasteiger partial charge in [0.2, 0.25) is 5.91 Å². The molecule has 0 saturated carbocycles. The van der Waals surface area contributed by atoms with E-state index < -0.39 is 86.8 Å². The van der Waals surface area contributed by atoms with Crippen LogP contribution in [0.4, 0.5) is 0 Å². The molecule has 0 bridgehead atoms. The predicted molar refractivity (Wildman–Crippen MR) is 327 cm³/mol. The fourth-order valence-electron chi connectivity index (χ4n) is 9.88. The van der Waals surface area contributed by atoms with Crippen molar-refractivity contribution in [3.05, 3.63) is 97.2 Å². The standard InChI is InChI=1S/C67H115NO13/c1-3-5-7-9-11-13-15-17-19-21-23-25-26-27-28-29-30-31-33-35-37-39-41-43-45-47-49-51-59(72)68-55(56(71)50-48-46-44-42-40-38-36-34-32-24-22-20-18-16-14-12-10-8-6-4-2)54-78-66-64(77)62(75)65(58(53-70)80-66)81-67-63(76)61(74)60(73)57(52-69)79-67/h5,7,11,13,17,19,23,25,27-28,32,34,40,42,48,50,55-58,60-67,69-71,73-77H,3-4,6,8-10,12,14-16,18,20-22,24,26,29-31,33,35-39,41,43-47,49,51-54H2,1-2H3,(H,68,72)/b7-5-,13-11-,19-17-,25-23-,28-27-,34-32+,42-40+,50-48+. The zero-order valence-electron chi connectivity index (χ0n) is 50.2. The molecule has 12 atom stereocenters. The Labute approximate surface area is 490 Å². The molecule has 81 heavy (non-hydrogen) atoms. The summed E-state index contributed by atoms with van der Waals surface area (Å²) in [4.78, 5) is 13.3. The van der Waals surface area contributed by atoms with Gasteiger partial charge in [0.05, 0.1) is 32.0 Å². The maximum absolute atomic E-state index is 13.3. The van der Waals surface area contributed by atoms with E-state index in [1.54, 1.807) is 6.08 Å². The fourth-order valence-corrected chi connectivity index (χ4v) is 9.88. The van der Waals surface area contributed by atoms with Crippen LogP contribution < -0.4 is 5.32 Å². The molecule has 2 rings (SSSR count). The van der Waals surface area contributed by atoms with Crippen LogP contribution in [0, 0.1) is 0 Å². The van der Waals surface area contributed by atoms with Gasteiger partial charge < -0.3 is 65.1 Å². The van der Waals surface area contributed by atoms with E-state index in [1.165, 1.54) is 109 Å². The van der Waals surface area contributed by atoms with Crippen molar-refractivity contribution in [2.75, 3.05) is 19.8 Å². The number of aliphatic hydroxyl groups excluding tert-OH is 8. The van der Waals surface area contributed by atoms with E-state index in [1.807, 2.05) is 6.08 Å². The first kappa shape index (κ1) is 74.0. The molecule has 12 unspecified atom stereocenters. The van der Waals surface area contributed by atoms with E-state index in [4.69, 9.17) is 18.9 Å². The quantitative estimate of drug-likeness (QED) is 0.0204. The molecule has 2 fully saturated rings. The third-order valence-corrected chi connectivity index (χ3v) is 15.0. The molecule has 0 spiro atoms. The SMILES string of the molecule is CC/C=C\C/C=C\C/C=C\C/C=C\C/C=C\CCCCCCCCCCCCCC(=O)NC(COC1OC(CO)C(OC2OC(CO)C(O)C(O)C2O)C(O)C1O)C(O)/C=C/CC/C=C/CC/C=C/CCCCCCCCCCCC. The number of nitrogens with one attached hydrogen (secondary N) is 1. The number of hydrogen-bond donors (Lipinski definition) is 9. The van der Waals surface area contributed by atoms with Crippen molar-refractivity contribution >= 4 is 5.91 Å². The molecule has 2 heterocycles. The Kier molecular flexibility index (Phi) is 46.9. The fraction of sp³-hybridized carbons (Fsp3) is 0.746. The van der Waals surface area contributed by atoms with Gasteiger partial charge in [0.15, 0.2) is 12.6 Å². The highest BCUT2D eigenvalue weighted by molar-refractivity contribution is 5.76. The summed E-state index contributed by atoms with van der Waals surface area (Å²) < 4.78 is 22.8. The van der Waals surface area contributed by atoms with Gasteiger partial charge in [-0.3, -0.25) is 4.79 Å². The van der Waals surface area contributed by atoms with Gasteiger partial charge in [0.1, 0.15) is 48.8 Å². The van der Waals surface area contributed by atoms with Crippen LogP contribution in [0.25, 0.3) is 0 Å². The van der Waals surface area contributed by atoms with E-state index in [0.717, 1.165) is 83.5 Å². The van der Waals surface area contributed by atoms with Gasteiger partial charge in [0.25, 0.3) is 0 Å². The summed E-state index contributed by atoms with van der Waals surface area (Å²) in [6.45, 7) is 2.66. The Bertz CT molecular complexity index is 1730. The Hall–Kier alpha value is -3.09. The van der Waals surface area contributed by atoms with Crippen LogP contribution in [0.3, 0.4) is 0 Å². The lowest BCUT2D eigenvalue weighted by atomic mass is 9.97. The molecule has 466 valence electrons. The number of hydrogen-bond acceptors (Lipinski definition) is 13. The van der Waals surface area contributed by atoms with Gasteiger partial charge in [-0.2, -0.15) is 0 Å². The molecule has 1 amide bonds. The van der Waals surface area contributed by atoms with Crippen molar-refractivity contribution in [3.8, 4) is 0 Å². The molecule has 0 aromatic carbocycles. The Morgan fingerprint density at radius 3 is 1.36 bits per heavy atom. The highest BCUT2D eigenvalue weighted by Crippen LogP contribution is 2.30. The van der Waals surface area contributed by atoms with Crippen LogP contribution in [0.1, 0.15) is 226 Å². The molecule has 0 aromatic rings. The van der Waals surface area contributed by atoms with Crippen LogP contribution in [0.5, 0.6) is 0 Å². The van der Waals surface area contributed by atoms with Crippen LogP contribution in [0.15, 0.2) is 97.2 Å². The lowest BCUT2D eigenvalue weighted by Crippen LogP contribution is -2.65. The molecule has 2 saturated heterocycles. The van der Waals surface area contributed by atoms with E-state index in [0.29, 0.717) is 12.8 Å². The van der Waals surface area contributed by atoms with Gasteiger partial charge in [-0.15, -0.1) is 0 Å². The third kappa shape index (κ3) is 36.4. The maximum atomic E-state index is 13.3. The van der Waals surface area contributed by atoms with Gasteiger partial charge in [-0.25, -0.2) is 0 Å². The van der Waals surface area contributed by atoms with E-state index in [2.05, 4.69) is 104 Å². The van der Waals surface area contributed by atoms with Crippen molar-refractivity contribution in [3.63, 3.8) is 0 Å². The molecule has 9 N–H and O–H groups in total. The molecule has 0 radical (unpaired) electrons. The monoisotopic (exact) mass is 1140 g/mol. The first-order chi connectivity index (χ1) is 39.6. The summed E-state index contributed by atoms with van der Waals surface area (Å²) in [7, 11) is 0. The topological polar surface area (TPSA) is 228 Å². The number of carbonyl (C=O) groups excluding carboxylic acids is 1. The molecule has 0 aliphatic carbocycles. The lowest BCUT2D eigenvalue weighted by molar-refractivity contribution is -0.359. The Morgan fingerprint density at radius 1 is 0.457 bits per heavy atom. The minimum Gasteiger partial charge on any atom is -0.394 e. The molecular weight excluding hydrogens is 1030 g/mol. The van der Waals surface area contributed by atoms with Crippen molar-refractivity contribution in [1.29, 1.82) is 0 Å². The number of allylic oxidation sites excluding steroid dienone is 15. The molecule has 2 aliphatic heterocycles. The molecule has 2 aliphatic rings. The number of rotatable bonds is 50. The smallest absolute Gasteiger partial charge is 0.220 e. The predicted octanol–water partition coefficient (Wildman–Crippen LogP) is 11.8. The summed E-state index contributed by atoms with van der Waals surface area (Å²) >= 11 is 0. The second-order valence-electron chi connectivity index (χ2n) is 22.1. The van der Waals surface area contributed by atoms with Crippen molar-refractivity contribution in [1.82, 2.24) is 5.32 Å². The summed E-state index contributed by atoms with van der Waals surface area (Å²) in [5.74, 6) is -0.260. The number of amides is 1. The third-order valence-electron chi connectivity index (χ3n) is 15.0. The minimum absolute atomic E-state index is 0.260. The van der Waals surface area contributed by atoms with E-state index in [-0.39, 0.29) is 18.9 Å². The second kappa shape index (κ2) is 51.3. The normalized spacial score (nSPS) is 24.8. The number of aliphatic hydroxyl groups is 8. The minimum atomic E-state index is -1.80. The number of carbonyl (C=O) groups is 1. The van der Waals surface area contributed by atoms with Crippen molar-refractivity contribution in [2.45, 2.75) is 299 Å². The largest absolute Gasteiger partial charge is 0.394 e. The highest BCUT2D eigenvalue weighted by Gasteiger charge is 2.51. The summed E-state index contributed by atoms with van der Waals surface area (Å²) in [5, 5.41) is 87.2. The summed E-state index contributed by atoms with van der Waals surface area (Å²) in [5.41, 5.74) is 0. The van der Waals surface area contributed by atoms with Gasteiger partial charge in [-0.1, -0.05) is 227 Å². The maximum Gasteiger partial charge on any atom is 0.220 e. The Morgan fingerprint density at radius 2 is 0.864 bits per heavy atom. The molecule has 14 heteroatoms. The van der Waals surface area contributed by atoms with Gasteiger partial charge in [0, 0.05) is 6.42 Å². The molecule has 0 aromatic heterocycles. The first-order valence-electron chi connectivity index (χ1n) is 32.0. The summed E-state index contributed by atoms with van der Waals surface area (Å²) in [6, 6.07) is -0.946. The van der Waals surface area contributed by atoms with Crippen LogP contribution >= 0.6 is 0 Å². The zero-order valence-corrected chi connectivity index (χ0v) is 50.2. The average Bonchev–Trinajstić information content (AvgIpc) is 3.62. The van der Waals surface area contributed by atoms with E-state index in [9.17, 15) is 45.6 Å². The lowest BCUT2D eigenvalue weighted by Gasteiger charge is -2.46. The van der Waals surface area contributed by atoms with Gasteiger partial charge in [-0.05, 0) is 89.9 Å². The van der Waals surface area contributed by atoms with Gasteiger partial charge >= 0.3 is 0 Å². The second-order valence-corrected chi connectivity index (χ2v) is 22.1. The van der Waals surface area contributed by atoms with Crippen LogP contribution in [-0.2, 0) is 23.7 Å². The highest BCUT2D eigenvalue weighted by atomic mass is 16.7. The van der Waals surface area contributed by atoms with Crippen LogP contribution in [0.2, 0.25) is 0 Å².